The number of hydrogen-bond acceptors (Lipinski definition) is 0. The minimum absolute atomic E-state index is 0.520. The fourth-order valence-electron chi connectivity index (χ4n) is 4.32. The summed E-state index contributed by atoms with van der Waals surface area (Å²) in [5.74, 6) is 0.520. The second-order valence-corrected chi connectivity index (χ2v) is 7.61. The lowest BCUT2D eigenvalue weighted by molar-refractivity contribution is 0.723. The Balaban J connectivity index is 1.72. The third-order valence-corrected chi connectivity index (χ3v) is 5.67. The summed E-state index contributed by atoms with van der Waals surface area (Å²) in [7, 11) is 0. The van der Waals surface area contributed by atoms with E-state index in [0.717, 1.165) is 6.42 Å². The van der Waals surface area contributed by atoms with Gasteiger partial charge in [-0.1, -0.05) is 73.7 Å². The van der Waals surface area contributed by atoms with Crippen molar-refractivity contribution < 1.29 is 0 Å². The molecule has 0 N–H and O–H groups in total. The number of aryl methyl sites for hydroxylation is 1. The maximum absolute atomic E-state index is 2.47. The molecular weight excluding hydrogens is 326 g/mol. The Hall–Kier alpha value is -3.06. The van der Waals surface area contributed by atoms with Crippen LogP contribution in [0.3, 0.4) is 0 Å². The van der Waals surface area contributed by atoms with Crippen LogP contribution in [0.4, 0.5) is 0 Å². The number of aromatic nitrogens is 1. The highest BCUT2D eigenvalue weighted by molar-refractivity contribution is 5.94. The molecule has 132 valence electrons. The Morgan fingerprint density at radius 3 is 2.37 bits per heavy atom. The van der Waals surface area contributed by atoms with Crippen LogP contribution in [0.15, 0.2) is 78.9 Å². The van der Waals surface area contributed by atoms with Gasteiger partial charge in [0.2, 0.25) is 0 Å². The van der Waals surface area contributed by atoms with Gasteiger partial charge >= 0.3 is 0 Å². The molecule has 0 radical (unpaired) electrons. The molecule has 0 spiro atoms. The average molecular weight is 349 g/mol. The Bertz CT molecular complexity index is 1140. The molecule has 1 unspecified atom stereocenters. The van der Waals surface area contributed by atoms with E-state index in [1.165, 1.54) is 44.5 Å². The van der Waals surface area contributed by atoms with Gasteiger partial charge < -0.3 is 4.57 Å². The molecule has 1 heteroatoms. The first-order valence-corrected chi connectivity index (χ1v) is 9.70. The summed E-state index contributed by atoms with van der Waals surface area (Å²) in [6, 6.07) is 26.4. The van der Waals surface area contributed by atoms with E-state index >= 15 is 0 Å². The van der Waals surface area contributed by atoms with Crippen molar-refractivity contribution in [3.63, 3.8) is 0 Å². The Morgan fingerprint density at radius 2 is 1.59 bits per heavy atom. The van der Waals surface area contributed by atoms with Gasteiger partial charge in [0.15, 0.2) is 0 Å². The van der Waals surface area contributed by atoms with Crippen LogP contribution in [-0.2, 0) is 0 Å². The molecule has 0 saturated carbocycles. The van der Waals surface area contributed by atoms with Crippen molar-refractivity contribution in [3.05, 3.63) is 95.7 Å². The number of allylic oxidation sites excluding steroid dienone is 1. The summed E-state index contributed by atoms with van der Waals surface area (Å²) >= 11 is 0. The molecule has 3 aromatic carbocycles. The smallest absolute Gasteiger partial charge is 0.0540 e. The zero-order chi connectivity index (χ0) is 18.4. The van der Waals surface area contributed by atoms with E-state index in [9.17, 15) is 0 Å². The molecule has 0 fully saturated rings. The lowest BCUT2D eigenvalue weighted by Gasteiger charge is -2.19. The van der Waals surface area contributed by atoms with Crippen LogP contribution in [0.5, 0.6) is 0 Å². The third-order valence-electron chi connectivity index (χ3n) is 5.67. The van der Waals surface area contributed by atoms with Gasteiger partial charge in [-0.25, -0.2) is 0 Å². The summed E-state index contributed by atoms with van der Waals surface area (Å²) in [6.07, 6.45) is 5.72. The van der Waals surface area contributed by atoms with Crippen LogP contribution >= 0.6 is 0 Å². The number of hydrogen-bond donors (Lipinski definition) is 0. The first kappa shape index (κ1) is 16.1. The second-order valence-electron chi connectivity index (χ2n) is 7.61. The number of fused-ring (bicyclic) bond motifs is 3. The molecule has 0 bridgehead atoms. The van der Waals surface area contributed by atoms with E-state index in [1.807, 2.05) is 0 Å². The summed E-state index contributed by atoms with van der Waals surface area (Å²) < 4.78 is 2.47. The monoisotopic (exact) mass is 349 g/mol. The highest BCUT2D eigenvalue weighted by atomic mass is 15.0. The number of rotatable bonds is 2. The minimum atomic E-state index is 0.520. The molecule has 1 nitrogen and oxygen atoms in total. The van der Waals surface area contributed by atoms with E-state index in [2.05, 4.69) is 103 Å². The molecule has 5 rings (SSSR count). The maximum Gasteiger partial charge on any atom is 0.0540 e. The largest absolute Gasteiger partial charge is 0.313 e. The van der Waals surface area contributed by atoms with Crippen molar-refractivity contribution >= 4 is 17.0 Å². The highest BCUT2D eigenvalue weighted by Gasteiger charge is 2.23. The molecule has 0 saturated heterocycles. The van der Waals surface area contributed by atoms with Gasteiger partial charge in [-0.3, -0.25) is 0 Å². The molecule has 1 atom stereocenters. The SMILES string of the molecule is Cc1ccc2c3c(n(-c4ccc(-c5ccccc5)cc4)c2c1)C(C)CC=C3. The van der Waals surface area contributed by atoms with E-state index < -0.39 is 0 Å². The standard InChI is InChI=1S/C26H23N/c1-18-11-16-23-24-10-6-7-19(2)26(24)27(25(23)17-18)22-14-12-21(13-15-22)20-8-4-3-5-9-20/h3-6,8-17,19H,7H2,1-2H3. The highest BCUT2D eigenvalue weighted by Crippen LogP contribution is 2.39. The average Bonchev–Trinajstić information content (AvgIpc) is 3.03. The fourth-order valence-corrected chi connectivity index (χ4v) is 4.32. The minimum Gasteiger partial charge on any atom is -0.313 e. The van der Waals surface area contributed by atoms with Gasteiger partial charge in [0.1, 0.15) is 0 Å². The first-order chi connectivity index (χ1) is 13.2. The Morgan fingerprint density at radius 1 is 0.852 bits per heavy atom. The first-order valence-electron chi connectivity index (χ1n) is 9.70. The summed E-state index contributed by atoms with van der Waals surface area (Å²) in [4.78, 5) is 0. The van der Waals surface area contributed by atoms with Crippen LogP contribution in [0.25, 0.3) is 33.8 Å². The van der Waals surface area contributed by atoms with Crippen molar-refractivity contribution in [2.24, 2.45) is 0 Å². The van der Waals surface area contributed by atoms with Crippen LogP contribution < -0.4 is 0 Å². The quantitative estimate of drug-likeness (QED) is 0.363. The molecule has 0 amide bonds. The van der Waals surface area contributed by atoms with Gasteiger partial charge in [0, 0.05) is 28.2 Å². The summed E-state index contributed by atoms with van der Waals surface area (Å²) in [5, 5.41) is 1.35. The molecule has 1 aliphatic carbocycles. The van der Waals surface area contributed by atoms with Crippen LogP contribution in [-0.4, -0.2) is 4.57 Å². The van der Waals surface area contributed by atoms with E-state index in [1.54, 1.807) is 0 Å². The van der Waals surface area contributed by atoms with Gasteiger partial charge in [0.05, 0.1) is 5.52 Å². The van der Waals surface area contributed by atoms with Crippen molar-refractivity contribution in [3.8, 4) is 16.8 Å². The maximum atomic E-state index is 2.47. The predicted molar refractivity (Wildman–Crippen MR) is 116 cm³/mol. The van der Waals surface area contributed by atoms with E-state index in [4.69, 9.17) is 0 Å². The predicted octanol–water partition coefficient (Wildman–Crippen LogP) is 7.13. The second kappa shape index (κ2) is 6.28. The number of benzene rings is 3. The third kappa shape index (κ3) is 2.62. The molecule has 1 heterocycles. The lowest BCUT2D eigenvalue weighted by atomic mass is 9.93. The van der Waals surface area contributed by atoms with Gasteiger partial charge in [-0.15, -0.1) is 0 Å². The molecule has 1 aromatic heterocycles. The van der Waals surface area contributed by atoms with Crippen molar-refractivity contribution in [2.45, 2.75) is 26.2 Å². The molecule has 0 aliphatic heterocycles. The summed E-state index contributed by atoms with van der Waals surface area (Å²) in [6.45, 7) is 4.51. The van der Waals surface area contributed by atoms with Crippen LogP contribution in [0.1, 0.15) is 36.1 Å². The van der Waals surface area contributed by atoms with E-state index in [-0.39, 0.29) is 0 Å². The molecule has 1 aliphatic rings. The Labute approximate surface area is 160 Å². The van der Waals surface area contributed by atoms with Crippen molar-refractivity contribution in [2.75, 3.05) is 0 Å². The van der Waals surface area contributed by atoms with Crippen molar-refractivity contribution in [1.29, 1.82) is 0 Å². The van der Waals surface area contributed by atoms with Crippen LogP contribution in [0, 0.1) is 6.92 Å². The van der Waals surface area contributed by atoms with E-state index in [0.29, 0.717) is 5.92 Å². The normalized spacial score (nSPS) is 15.9. The molecular formula is C26H23N. The molecule has 4 aromatic rings. The lowest BCUT2D eigenvalue weighted by Crippen LogP contribution is -2.07. The summed E-state index contributed by atoms with van der Waals surface area (Å²) in [5.41, 5.74) is 9.20. The topological polar surface area (TPSA) is 4.93 Å². The van der Waals surface area contributed by atoms with Gasteiger partial charge in [0.25, 0.3) is 0 Å². The fraction of sp³-hybridized carbons (Fsp3) is 0.154. The van der Waals surface area contributed by atoms with Gasteiger partial charge in [-0.05, 0) is 48.2 Å². The number of nitrogens with zero attached hydrogens (tertiary/aromatic N) is 1. The van der Waals surface area contributed by atoms with Gasteiger partial charge in [-0.2, -0.15) is 0 Å². The van der Waals surface area contributed by atoms with Crippen LogP contribution in [0.2, 0.25) is 0 Å². The Kier molecular flexibility index (Phi) is 3.75. The zero-order valence-electron chi connectivity index (χ0n) is 15.8. The molecule has 27 heavy (non-hydrogen) atoms. The van der Waals surface area contributed by atoms with Crippen molar-refractivity contribution in [1.82, 2.24) is 4.57 Å². The zero-order valence-corrected chi connectivity index (χ0v) is 15.8.